The van der Waals surface area contributed by atoms with Gasteiger partial charge in [0.25, 0.3) is 0 Å². The summed E-state index contributed by atoms with van der Waals surface area (Å²) >= 11 is 3.46. The third-order valence-electron chi connectivity index (χ3n) is 3.11. The third kappa shape index (κ3) is 3.80. The van der Waals surface area contributed by atoms with Gasteiger partial charge in [0.05, 0.1) is 0 Å². The lowest BCUT2D eigenvalue weighted by Gasteiger charge is -2.24. The first-order chi connectivity index (χ1) is 7.81. The Kier molecular flexibility index (Phi) is 6.17. The van der Waals surface area contributed by atoms with Crippen LogP contribution < -0.4 is 5.32 Å². The molecular weight excluding hydrogens is 300 g/mol. The smallest absolute Gasteiger partial charge is 0.0448 e. The Morgan fingerprint density at radius 2 is 1.82 bits per heavy atom. The van der Waals surface area contributed by atoms with Crippen LogP contribution in [0.25, 0.3) is 0 Å². The van der Waals surface area contributed by atoms with E-state index in [9.17, 15) is 0 Å². The fourth-order valence-corrected chi connectivity index (χ4v) is 2.53. The van der Waals surface area contributed by atoms with Crippen LogP contribution in [-0.2, 0) is 0 Å². The van der Waals surface area contributed by atoms with Crippen LogP contribution in [0.2, 0.25) is 0 Å². The molecule has 1 aromatic rings. The van der Waals surface area contributed by atoms with Gasteiger partial charge in [-0.05, 0) is 43.6 Å². The topological polar surface area (TPSA) is 24.4 Å². The molecule has 0 aliphatic carbocycles. The van der Waals surface area contributed by atoms with Crippen molar-refractivity contribution in [3.05, 3.63) is 34.3 Å². The minimum Gasteiger partial charge on any atom is -0.317 e. The van der Waals surface area contributed by atoms with E-state index in [2.05, 4.69) is 50.5 Å². The van der Waals surface area contributed by atoms with E-state index in [1.54, 1.807) is 0 Å². The molecule has 1 aromatic carbocycles. The molecule has 4 heteroatoms. The minimum atomic E-state index is 0. The second-order valence-electron chi connectivity index (χ2n) is 4.14. The molecule has 17 heavy (non-hydrogen) atoms. The first-order valence-electron chi connectivity index (χ1n) is 5.74. The van der Waals surface area contributed by atoms with Crippen LogP contribution in [0.4, 0.5) is 0 Å². The number of piperidine rings is 1. The highest BCUT2D eigenvalue weighted by molar-refractivity contribution is 9.10. The lowest BCUT2D eigenvalue weighted by Crippen LogP contribution is -2.32. The molecule has 0 spiro atoms. The number of nitrogens with zero attached hydrogens (tertiary/aromatic N) is 1. The fourth-order valence-electron chi connectivity index (χ4n) is 2.26. The fraction of sp³-hybridized carbons (Fsp3) is 0.462. The highest BCUT2D eigenvalue weighted by Gasteiger charge is 2.19. The zero-order chi connectivity index (χ0) is 11.4. The Balaban J connectivity index is 0.00000144. The van der Waals surface area contributed by atoms with Crippen molar-refractivity contribution < 1.29 is 0 Å². The maximum atomic E-state index is 4.49. The van der Waals surface area contributed by atoms with Crippen molar-refractivity contribution in [2.24, 2.45) is 10.9 Å². The molecule has 1 heterocycles. The minimum absolute atomic E-state index is 0. The van der Waals surface area contributed by atoms with E-state index < -0.39 is 0 Å². The highest BCUT2D eigenvalue weighted by Crippen LogP contribution is 2.20. The molecule has 1 fully saturated rings. The predicted octanol–water partition coefficient (Wildman–Crippen LogP) is 3.29. The molecule has 1 N–H and O–H groups in total. The van der Waals surface area contributed by atoms with Gasteiger partial charge in [0.15, 0.2) is 0 Å². The molecule has 0 radical (unpaired) electrons. The third-order valence-corrected chi connectivity index (χ3v) is 3.64. The van der Waals surface area contributed by atoms with Gasteiger partial charge in [-0.1, -0.05) is 28.1 Å². The number of benzene rings is 1. The van der Waals surface area contributed by atoms with Crippen molar-refractivity contribution in [2.75, 3.05) is 20.1 Å². The van der Waals surface area contributed by atoms with E-state index in [0.717, 1.165) is 17.6 Å². The number of nitrogens with one attached hydrogen (secondary N) is 1. The molecular formula is C13H18BrClN2. The van der Waals surface area contributed by atoms with E-state index in [1.807, 2.05) is 7.05 Å². The monoisotopic (exact) mass is 316 g/mol. The maximum absolute atomic E-state index is 4.49. The van der Waals surface area contributed by atoms with Crippen LogP contribution in [0.1, 0.15) is 18.4 Å². The Morgan fingerprint density at radius 3 is 2.35 bits per heavy atom. The molecule has 0 atom stereocenters. The van der Waals surface area contributed by atoms with Crippen LogP contribution in [0.3, 0.4) is 0 Å². The number of rotatable bonds is 2. The Labute approximate surface area is 117 Å². The average molecular weight is 318 g/mol. The summed E-state index contributed by atoms with van der Waals surface area (Å²) in [5.41, 5.74) is 2.52. The van der Waals surface area contributed by atoms with Gasteiger partial charge in [-0.25, -0.2) is 0 Å². The Hall–Kier alpha value is -0.380. The van der Waals surface area contributed by atoms with Crippen molar-refractivity contribution in [1.29, 1.82) is 0 Å². The largest absolute Gasteiger partial charge is 0.317 e. The van der Waals surface area contributed by atoms with Crippen LogP contribution in [-0.4, -0.2) is 25.8 Å². The molecule has 0 bridgehead atoms. The predicted molar refractivity (Wildman–Crippen MR) is 79.4 cm³/mol. The van der Waals surface area contributed by atoms with E-state index in [4.69, 9.17) is 0 Å². The van der Waals surface area contributed by atoms with Gasteiger partial charge < -0.3 is 5.32 Å². The molecule has 0 amide bonds. The van der Waals surface area contributed by atoms with Crippen LogP contribution >= 0.6 is 28.3 Å². The zero-order valence-electron chi connectivity index (χ0n) is 9.95. The normalized spacial score (nSPS) is 17.6. The summed E-state index contributed by atoms with van der Waals surface area (Å²) in [7, 11) is 1.90. The standard InChI is InChI=1S/C13H17BrN2.ClH/c1-15-13(11-6-8-16-9-7-11)10-2-4-12(14)5-3-10;/h2-5,11,16H,6-9H2,1H3;1H. The van der Waals surface area contributed by atoms with Crippen molar-refractivity contribution in [3.63, 3.8) is 0 Å². The van der Waals surface area contributed by atoms with Crippen LogP contribution in [0.15, 0.2) is 33.7 Å². The van der Waals surface area contributed by atoms with Gasteiger partial charge in [-0.2, -0.15) is 0 Å². The summed E-state index contributed by atoms with van der Waals surface area (Å²) in [6, 6.07) is 8.46. The molecule has 1 aliphatic rings. The number of halogens is 2. The first kappa shape index (κ1) is 14.7. The molecule has 2 nitrogen and oxygen atoms in total. The van der Waals surface area contributed by atoms with Gasteiger partial charge in [-0.15, -0.1) is 12.4 Å². The molecule has 94 valence electrons. The number of hydrogen-bond donors (Lipinski definition) is 1. The average Bonchev–Trinajstić information content (AvgIpc) is 2.34. The second kappa shape index (κ2) is 7.14. The van der Waals surface area contributed by atoms with Crippen molar-refractivity contribution in [1.82, 2.24) is 5.32 Å². The van der Waals surface area contributed by atoms with E-state index >= 15 is 0 Å². The highest BCUT2D eigenvalue weighted by atomic mass is 79.9. The van der Waals surface area contributed by atoms with Crippen molar-refractivity contribution in [2.45, 2.75) is 12.8 Å². The Bertz CT molecular complexity index is 370. The van der Waals surface area contributed by atoms with E-state index in [-0.39, 0.29) is 12.4 Å². The maximum Gasteiger partial charge on any atom is 0.0448 e. The summed E-state index contributed by atoms with van der Waals surface area (Å²) in [5.74, 6) is 0.618. The van der Waals surface area contributed by atoms with Gasteiger partial charge >= 0.3 is 0 Å². The molecule has 1 aliphatic heterocycles. The Morgan fingerprint density at radius 1 is 1.24 bits per heavy atom. The van der Waals surface area contributed by atoms with Gasteiger partial charge in [0.1, 0.15) is 0 Å². The molecule has 0 aromatic heterocycles. The lowest BCUT2D eigenvalue weighted by atomic mass is 9.89. The SMILES string of the molecule is CN=C(c1ccc(Br)cc1)C1CCNCC1.Cl. The quantitative estimate of drug-likeness (QED) is 0.832. The lowest BCUT2D eigenvalue weighted by molar-refractivity contribution is 0.457. The summed E-state index contributed by atoms with van der Waals surface area (Å²) in [6.07, 6.45) is 2.39. The van der Waals surface area contributed by atoms with E-state index in [0.29, 0.717) is 5.92 Å². The van der Waals surface area contributed by atoms with Crippen molar-refractivity contribution in [3.8, 4) is 0 Å². The number of aliphatic imine (C=N–C) groups is 1. The first-order valence-corrected chi connectivity index (χ1v) is 6.54. The van der Waals surface area contributed by atoms with Crippen LogP contribution in [0.5, 0.6) is 0 Å². The van der Waals surface area contributed by atoms with Gasteiger partial charge in [-0.3, -0.25) is 4.99 Å². The summed E-state index contributed by atoms with van der Waals surface area (Å²) in [5, 5.41) is 3.39. The number of hydrogen-bond acceptors (Lipinski definition) is 2. The summed E-state index contributed by atoms with van der Waals surface area (Å²) in [6.45, 7) is 2.22. The second-order valence-corrected chi connectivity index (χ2v) is 5.06. The van der Waals surface area contributed by atoms with Gasteiger partial charge in [0, 0.05) is 23.1 Å². The van der Waals surface area contributed by atoms with E-state index in [1.165, 1.54) is 24.1 Å². The van der Waals surface area contributed by atoms with Gasteiger partial charge in [0.2, 0.25) is 0 Å². The van der Waals surface area contributed by atoms with Crippen LogP contribution in [0, 0.1) is 5.92 Å². The summed E-state index contributed by atoms with van der Waals surface area (Å²) < 4.78 is 1.12. The summed E-state index contributed by atoms with van der Waals surface area (Å²) in [4.78, 5) is 4.49. The molecule has 0 unspecified atom stereocenters. The van der Waals surface area contributed by atoms with Crippen molar-refractivity contribution >= 4 is 34.0 Å². The molecule has 1 saturated heterocycles. The molecule has 2 rings (SSSR count). The zero-order valence-corrected chi connectivity index (χ0v) is 12.4. The molecule has 0 saturated carbocycles.